The molecule has 1 heterocycles. The summed E-state index contributed by atoms with van der Waals surface area (Å²) in [6.07, 6.45) is -0.602. The predicted octanol–water partition coefficient (Wildman–Crippen LogP) is 1.65. The van der Waals surface area contributed by atoms with Crippen LogP contribution >= 0.6 is 0 Å². The Morgan fingerprint density at radius 3 is 2.41 bits per heavy atom. The monoisotopic (exact) mass is 396 g/mol. The number of aliphatic hydroxyl groups is 1. The second-order valence-electron chi connectivity index (χ2n) is 7.10. The highest BCUT2D eigenvalue weighted by Crippen LogP contribution is 2.35. The molecule has 0 aliphatic rings. The lowest BCUT2D eigenvalue weighted by atomic mass is 10.2. The number of rotatable bonds is 9. The Hall–Kier alpha value is -2.83. The molecule has 6 heteroatoms. The summed E-state index contributed by atoms with van der Waals surface area (Å²) < 4.78 is 7.55. The number of para-hydroxylation sites is 2. The van der Waals surface area contributed by atoms with Gasteiger partial charge in [0, 0.05) is 17.6 Å². The van der Waals surface area contributed by atoms with Crippen LogP contribution in [0, 0.1) is 0 Å². The Balaban J connectivity index is 1.94. The standard InChI is InChI=1S/C23H29N3O3/c1-4-25(5-2)16-18(27)15-24-23(28)21-22(29-3)19-13-9-10-14-20(19)26(21)17-11-7-6-8-12-17/h6-14,18,27H,4-5,15-16H2,1-3H3,(H,24,28)/p+1/t18-/m1/s1. The molecule has 0 spiro atoms. The van der Waals surface area contributed by atoms with E-state index in [4.69, 9.17) is 4.74 Å². The molecule has 0 saturated carbocycles. The molecular formula is C23H30N3O3+. The summed E-state index contributed by atoms with van der Waals surface area (Å²) in [5.74, 6) is 0.265. The molecule has 0 aliphatic carbocycles. The number of fused-ring (bicyclic) bond motifs is 1. The fourth-order valence-corrected chi connectivity index (χ4v) is 3.71. The van der Waals surface area contributed by atoms with Crippen molar-refractivity contribution in [3.8, 4) is 11.4 Å². The fourth-order valence-electron chi connectivity index (χ4n) is 3.71. The van der Waals surface area contributed by atoms with Crippen LogP contribution in [0.3, 0.4) is 0 Å². The van der Waals surface area contributed by atoms with Crippen LogP contribution in [0.1, 0.15) is 24.3 Å². The first kappa shape index (κ1) is 20.9. The van der Waals surface area contributed by atoms with Crippen molar-refractivity contribution in [2.75, 3.05) is 33.3 Å². The third-order valence-electron chi connectivity index (χ3n) is 5.28. The Morgan fingerprint density at radius 1 is 1.10 bits per heavy atom. The molecular weight excluding hydrogens is 366 g/mol. The van der Waals surface area contributed by atoms with Crippen LogP contribution in [0.25, 0.3) is 16.6 Å². The zero-order chi connectivity index (χ0) is 20.8. The van der Waals surface area contributed by atoms with Gasteiger partial charge in [-0.15, -0.1) is 0 Å². The number of quaternary nitrogens is 1. The van der Waals surface area contributed by atoms with Crippen LogP contribution in [0.4, 0.5) is 0 Å². The van der Waals surface area contributed by atoms with Gasteiger partial charge in [0.2, 0.25) is 0 Å². The van der Waals surface area contributed by atoms with E-state index in [1.807, 2.05) is 59.2 Å². The second kappa shape index (κ2) is 9.58. The topological polar surface area (TPSA) is 67.9 Å². The van der Waals surface area contributed by atoms with Crippen molar-refractivity contribution < 1.29 is 19.5 Å². The predicted molar refractivity (Wildman–Crippen MR) is 115 cm³/mol. The van der Waals surface area contributed by atoms with Crippen LogP contribution in [0.15, 0.2) is 54.6 Å². The number of benzene rings is 2. The third kappa shape index (κ3) is 4.44. The number of methoxy groups -OCH3 is 1. The molecule has 3 N–H and O–H groups in total. The highest BCUT2D eigenvalue weighted by atomic mass is 16.5. The zero-order valence-electron chi connectivity index (χ0n) is 17.3. The van der Waals surface area contributed by atoms with Crippen LogP contribution in [-0.4, -0.2) is 55.0 Å². The first-order valence-corrected chi connectivity index (χ1v) is 10.1. The Kier molecular flexibility index (Phi) is 6.90. The summed E-state index contributed by atoms with van der Waals surface area (Å²) >= 11 is 0. The average molecular weight is 397 g/mol. The quantitative estimate of drug-likeness (QED) is 0.515. The highest BCUT2D eigenvalue weighted by Gasteiger charge is 2.25. The number of aliphatic hydroxyl groups excluding tert-OH is 1. The minimum atomic E-state index is -0.602. The number of hydrogen-bond donors (Lipinski definition) is 3. The number of ether oxygens (including phenoxy) is 1. The second-order valence-corrected chi connectivity index (χ2v) is 7.10. The zero-order valence-corrected chi connectivity index (χ0v) is 17.3. The maximum atomic E-state index is 13.2. The number of nitrogens with zero attached hydrogens (tertiary/aromatic N) is 1. The minimum absolute atomic E-state index is 0.196. The molecule has 1 atom stereocenters. The summed E-state index contributed by atoms with van der Waals surface area (Å²) in [7, 11) is 1.58. The van der Waals surface area contributed by atoms with Gasteiger partial charge in [0.1, 0.15) is 12.6 Å². The molecule has 29 heavy (non-hydrogen) atoms. The van der Waals surface area contributed by atoms with Crippen LogP contribution in [0.5, 0.6) is 5.75 Å². The third-order valence-corrected chi connectivity index (χ3v) is 5.28. The minimum Gasteiger partial charge on any atom is -0.494 e. The van der Waals surface area contributed by atoms with Crippen LogP contribution < -0.4 is 15.0 Å². The summed E-state index contributed by atoms with van der Waals surface area (Å²) in [6.45, 7) is 6.86. The molecule has 0 bridgehead atoms. The number of amides is 1. The van der Waals surface area contributed by atoms with E-state index in [0.29, 0.717) is 18.0 Å². The van der Waals surface area contributed by atoms with Gasteiger partial charge in [-0.2, -0.15) is 0 Å². The summed E-state index contributed by atoms with van der Waals surface area (Å²) in [4.78, 5) is 14.5. The lowest BCUT2D eigenvalue weighted by Crippen LogP contribution is -3.12. The molecule has 1 aromatic heterocycles. The molecule has 0 aliphatic heterocycles. The van der Waals surface area contributed by atoms with Crippen molar-refractivity contribution in [3.05, 3.63) is 60.3 Å². The maximum Gasteiger partial charge on any atom is 0.272 e. The van der Waals surface area contributed by atoms with Crippen molar-refractivity contribution in [1.29, 1.82) is 0 Å². The normalized spacial score (nSPS) is 12.3. The maximum absolute atomic E-state index is 13.2. The summed E-state index contributed by atoms with van der Waals surface area (Å²) in [6, 6.07) is 17.5. The number of nitrogens with one attached hydrogen (secondary N) is 2. The smallest absolute Gasteiger partial charge is 0.272 e. The molecule has 1 amide bonds. The molecule has 0 unspecified atom stereocenters. The van der Waals surface area contributed by atoms with Gasteiger partial charge in [-0.1, -0.05) is 30.3 Å². The number of aromatic nitrogens is 1. The highest BCUT2D eigenvalue weighted by molar-refractivity contribution is 6.05. The van der Waals surface area contributed by atoms with Crippen molar-refractivity contribution in [2.45, 2.75) is 20.0 Å². The first-order chi connectivity index (χ1) is 14.1. The number of likely N-dealkylation sites (N-methyl/N-ethyl adjacent to an activating group) is 1. The van der Waals surface area contributed by atoms with Crippen molar-refractivity contribution in [3.63, 3.8) is 0 Å². The van der Waals surface area contributed by atoms with Gasteiger partial charge >= 0.3 is 0 Å². The Morgan fingerprint density at radius 2 is 1.76 bits per heavy atom. The lowest BCUT2D eigenvalue weighted by molar-refractivity contribution is -0.899. The molecule has 2 aromatic carbocycles. The van der Waals surface area contributed by atoms with E-state index in [1.165, 1.54) is 4.90 Å². The van der Waals surface area contributed by atoms with Crippen LogP contribution in [0.2, 0.25) is 0 Å². The van der Waals surface area contributed by atoms with Crippen molar-refractivity contribution in [2.24, 2.45) is 0 Å². The number of carbonyl (C=O) groups is 1. The molecule has 3 aromatic rings. The van der Waals surface area contributed by atoms with Gasteiger partial charge in [0.15, 0.2) is 11.4 Å². The molecule has 0 radical (unpaired) electrons. The van der Waals surface area contributed by atoms with Gasteiger partial charge in [-0.05, 0) is 38.1 Å². The van der Waals surface area contributed by atoms with Crippen LogP contribution in [-0.2, 0) is 0 Å². The van der Waals surface area contributed by atoms with Gasteiger partial charge in [0.05, 0.1) is 25.7 Å². The van der Waals surface area contributed by atoms with E-state index in [9.17, 15) is 9.90 Å². The van der Waals surface area contributed by atoms with Gasteiger partial charge in [-0.3, -0.25) is 4.79 Å². The van der Waals surface area contributed by atoms with E-state index in [1.54, 1.807) is 7.11 Å². The van der Waals surface area contributed by atoms with E-state index in [0.717, 1.165) is 29.7 Å². The van der Waals surface area contributed by atoms with Crippen molar-refractivity contribution >= 4 is 16.8 Å². The van der Waals surface area contributed by atoms with E-state index in [2.05, 4.69) is 19.2 Å². The average Bonchev–Trinajstić information content (AvgIpc) is 3.10. The summed E-state index contributed by atoms with van der Waals surface area (Å²) in [5, 5.41) is 14.1. The molecule has 3 rings (SSSR count). The van der Waals surface area contributed by atoms with Crippen molar-refractivity contribution in [1.82, 2.24) is 9.88 Å². The first-order valence-electron chi connectivity index (χ1n) is 10.1. The fraction of sp³-hybridized carbons (Fsp3) is 0.348. The number of carbonyl (C=O) groups excluding carboxylic acids is 1. The lowest BCUT2D eigenvalue weighted by Gasteiger charge is -2.20. The molecule has 0 saturated heterocycles. The molecule has 6 nitrogen and oxygen atoms in total. The van der Waals surface area contributed by atoms with E-state index < -0.39 is 6.10 Å². The SMILES string of the molecule is CC[NH+](CC)C[C@H](O)CNC(=O)c1c(OC)c2ccccc2n1-c1ccccc1. The Bertz CT molecular complexity index is 949. The summed E-state index contributed by atoms with van der Waals surface area (Å²) in [5.41, 5.74) is 2.21. The van der Waals surface area contributed by atoms with Gasteiger partial charge in [-0.25, -0.2) is 0 Å². The van der Waals surface area contributed by atoms with E-state index in [-0.39, 0.29) is 12.5 Å². The number of hydrogen-bond acceptors (Lipinski definition) is 3. The van der Waals surface area contributed by atoms with Gasteiger partial charge < -0.3 is 24.6 Å². The molecule has 0 fully saturated rings. The Labute approximate surface area is 171 Å². The van der Waals surface area contributed by atoms with E-state index >= 15 is 0 Å². The largest absolute Gasteiger partial charge is 0.494 e. The van der Waals surface area contributed by atoms with Gasteiger partial charge in [0.25, 0.3) is 5.91 Å². The molecule has 154 valence electrons.